The zero-order valence-electron chi connectivity index (χ0n) is 15.5. The molecule has 0 fully saturated rings. The molecule has 0 spiro atoms. The molecule has 2 aromatic rings. The number of benzene rings is 1. The zero-order valence-corrected chi connectivity index (χ0v) is 15.5. The molecule has 3 N–H and O–H groups in total. The summed E-state index contributed by atoms with van der Waals surface area (Å²) in [7, 11) is 0. The van der Waals surface area contributed by atoms with Gasteiger partial charge in [0.05, 0.1) is 12.2 Å². The highest BCUT2D eigenvalue weighted by Crippen LogP contribution is 2.36. The van der Waals surface area contributed by atoms with Crippen LogP contribution in [0.2, 0.25) is 0 Å². The molecule has 156 valence electrons. The summed E-state index contributed by atoms with van der Waals surface area (Å²) in [5.74, 6) is -0.317. The van der Waals surface area contributed by atoms with Gasteiger partial charge in [-0.05, 0) is 24.5 Å². The van der Waals surface area contributed by atoms with Gasteiger partial charge < -0.3 is 14.6 Å². The summed E-state index contributed by atoms with van der Waals surface area (Å²) in [4.78, 5) is 3.86. The Hall–Kier alpha value is -2.14. The summed E-state index contributed by atoms with van der Waals surface area (Å²) in [6, 6.07) is 7.19. The lowest BCUT2D eigenvalue weighted by atomic mass is 10.0. The second kappa shape index (κ2) is 9.87. The zero-order chi connectivity index (χ0) is 20.7. The number of hydrogen-bond acceptors (Lipinski definition) is 6. The molecule has 1 heterocycles. The van der Waals surface area contributed by atoms with E-state index in [0.29, 0.717) is 5.56 Å². The fraction of sp³-hybridized carbons (Fsp3) is 0.500. The van der Waals surface area contributed by atoms with Crippen LogP contribution < -0.4 is 4.74 Å². The van der Waals surface area contributed by atoms with Gasteiger partial charge in [-0.15, -0.1) is 5.10 Å². The average molecular weight is 404 g/mol. The van der Waals surface area contributed by atoms with Crippen LogP contribution in [-0.4, -0.2) is 46.2 Å². The van der Waals surface area contributed by atoms with E-state index in [0.717, 1.165) is 12.0 Å². The monoisotopic (exact) mass is 404 g/mol. The normalized spacial score (nSPS) is 14.1. The first-order valence-electron chi connectivity index (χ1n) is 8.71. The number of H-pyrrole nitrogens is 1. The van der Waals surface area contributed by atoms with E-state index in [4.69, 9.17) is 14.7 Å². The van der Waals surface area contributed by atoms with Crippen molar-refractivity contribution in [1.29, 1.82) is 0 Å². The topological polar surface area (TPSA) is 96.8 Å². The van der Waals surface area contributed by atoms with Crippen LogP contribution in [0.5, 0.6) is 5.88 Å². The summed E-state index contributed by atoms with van der Waals surface area (Å²) in [6.45, 7) is 3.00. The van der Waals surface area contributed by atoms with Gasteiger partial charge in [0.2, 0.25) is 12.2 Å². The summed E-state index contributed by atoms with van der Waals surface area (Å²) in [5.41, 5.74) is 0.504. The fourth-order valence-electron chi connectivity index (χ4n) is 2.52. The van der Waals surface area contributed by atoms with Crippen molar-refractivity contribution in [2.45, 2.75) is 45.3 Å². The molecule has 0 aliphatic carbocycles. The van der Waals surface area contributed by atoms with Crippen molar-refractivity contribution in [3.63, 3.8) is 0 Å². The SMILES string of the molecule is CCc1ccc(Cc2c(O[C@H](OCCOO)[C@@H](C)O)n[nH]c2C(F)(F)F)cc1. The third-order valence-corrected chi connectivity index (χ3v) is 4.00. The molecule has 28 heavy (non-hydrogen) atoms. The first-order chi connectivity index (χ1) is 13.3. The number of alkyl halides is 3. The van der Waals surface area contributed by atoms with Gasteiger partial charge in [0, 0.05) is 6.42 Å². The molecule has 0 aliphatic heterocycles. The van der Waals surface area contributed by atoms with Crippen molar-refractivity contribution in [3.05, 3.63) is 46.6 Å². The van der Waals surface area contributed by atoms with E-state index < -0.39 is 24.3 Å². The van der Waals surface area contributed by atoms with E-state index in [1.54, 1.807) is 12.1 Å². The van der Waals surface area contributed by atoms with Crippen LogP contribution in [-0.2, 0) is 28.6 Å². The highest BCUT2D eigenvalue weighted by Gasteiger charge is 2.38. The van der Waals surface area contributed by atoms with Gasteiger partial charge >= 0.3 is 6.18 Å². The lowest BCUT2D eigenvalue weighted by Gasteiger charge is -2.21. The minimum Gasteiger partial charge on any atom is -0.444 e. The van der Waals surface area contributed by atoms with E-state index in [2.05, 4.69) is 9.99 Å². The van der Waals surface area contributed by atoms with Gasteiger partial charge in [-0.1, -0.05) is 31.2 Å². The van der Waals surface area contributed by atoms with Crippen LogP contribution >= 0.6 is 0 Å². The maximum Gasteiger partial charge on any atom is 0.433 e. The number of nitrogens with zero attached hydrogens (tertiary/aromatic N) is 1. The van der Waals surface area contributed by atoms with Gasteiger partial charge in [0.15, 0.2) is 0 Å². The van der Waals surface area contributed by atoms with E-state index in [1.807, 2.05) is 24.2 Å². The number of nitrogens with one attached hydrogen (secondary N) is 1. The Labute approximate surface area is 160 Å². The van der Waals surface area contributed by atoms with Gasteiger partial charge in [0.1, 0.15) is 18.4 Å². The second-order valence-corrected chi connectivity index (χ2v) is 6.16. The van der Waals surface area contributed by atoms with E-state index >= 15 is 0 Å². The highest BCUT2D eigenvalue weighted by atomic mass is 19.4. The maximum absolute atomic E-state index is 13.4. The molecule has 0 bridgehead atoms. The predicted octanol–water partition coefficient (Wildman–Crippen LogP) is 3.17. The number of halogens is 3. The van der Waals surface area contributed by atoms with Crippen LogP contribution in [0.15, 0.2) is 24.3 Å². The first-order valence-corrected chi connectivity index (χ1v) is 8.71. The Morgan fingerprint density at radius 3 is 2.32 bits per heavy atom. The molecule has 0 amide bonds. The Kier molecular flexibility index (Phi) is 7.81. The van der Waals surface area contributed by atoms with E-state index in [1.165, 1.54) is 6.92 Å². The van der Waals surface area contributed by atoms with Crippen LogP contribution in [0.25, 0.3) is 0 Å². The number of rotatable bonds is 10. The number of aromatic amines is 1. The lowest BCUT2D eigenvalue weighted by molar-refractivity contribution is -0.259. The Morgan fingerprint density at radius 2 is 1.79 bits per heavy atom. The number of aryl methyl sites for hydroxylation is 1. The third kappa shape index (κ3) is 5.93. The van der Waals surface area contributed by atoms with Gasteiger partial charge in [0.25, 0.3) is 0 Å². The molecular formula is C18H23F3N2O5. The molecule has 2 rings (SSSR count). The Balaban J connectivity index is 2.29. The molecule has 0 saturated carbocycles. The Bertz CT molecular complexity index is 732. The summed E-state index contributed by atoms with van der Waals surface area (Å²) in [5, 5.41) is 23.7. The maximum atomic E-state index is 13.4. The van der Waals surface area contributed by atoms with Crippen molar-refractivity contribution in [1.82, 2.24) is 10.2 Å². The van der Waals surface area contributed by atoms with Gasteiger partial charge in [-0.3, -0.25) is 10.4 Å². The quantitative estimate of drug-likeness (QED) is 0.244. The first kappa shape index (κ1) is 22.2. The number of aliphatic hydroxyl groups excluding tert-OH is 1. The predicted molar refractivity (Wildman–Crippen MR) is 92.8 cm³/mol. The van der Waals surface area contributed by atoms with Crippen LogP contribution in [0.4, 0.5) is 13.2 Å². The molecular weight excluding hydrogens is 381 g/mol. The standard InChI is InChI=1S/C18H23F3N2O5/c1-3-12-4-6-13(7-5-12)10-14-15(18(19,20)21)22-23-16(14)28-17(11(2)24)26-8-9-27-25/h4-7,11,17,24-25H,3,8-10H2,1-2H3,(H,22,23)/t11-,17+/m1/s1. The van der Waals surface area contributed by atoms with Gasteiger partial charge in [-0.25, -0.2) is 4.89 Å². The van der Waals surface area contributed by atoms with Crippen molar-refractivity contribution < 1.29 is 37.9 Å². The molecule has 7 nitrogen and oxygen atoms in total. The molecule has 2 atom stereocenters. The minimum atomic E-state index is -4.65. The Morgan fingerprint density at radius 1 is 1.14 bits per heavy atom. The minimum absolute atomic E-state index is 0.0725. The van der Waals surface area contributed by atoms with Gasteiger partial charge in [-0.2, -0.15) is 13.2 Å². The summed E-state index contributed by atoms with van der Waals surface area (Å²) < 4.78 is 50.7. The number of ether oxygens (including phenoxy) is 2. The average Bonchev–Trinajstić information content (AvgIpc) is 3.04. The summed E-state index contributed by atoms with van der Waals surface area (Å²) in [6.07, 6.45) is -6.36. The van der Waals surface area contributed by atoms with Crippen molar-refractivity contribution in [2.24, 2.45) is 0 Å². The van der Waals surface area contributed by atoms with Crippen molar-refractivity contribution in [3.8, 4) is 5.88 Å². The van der Waals surface area contributed by atoms with Crippen molar-refractivity contribution >= 4 is 0 Å². The molecule has 0 unspecified atom stereocenters. The fourth-order valence-corrected chi connectivity index (χ4v) is 2.52. The van der Waals surface area contributed by atoms with Crippen LogP contribution in [0, 0.1) is 0 Å². The highest BCUT2D eigenvalue weighted by molar-refractivity contribution is 5.38. The smallest absolute Gasteiger partial charge is 0.433 e. The number of hydrogen-bond donors (Lipinski definition) is 3. The lowest BCUT2D eigenvalue weighted by Crippen LogP contribution is -2.33. The molecule has 0 saturated heterocycles. The van der Waals surface area contributed by atoms with E-state index in [-0.39, 0.29) is 31.1 Å². The van der Waals surface area contributed by atoms with Crippen LogP contribution in [0.1, 0.15) is 36.2 Å². The van der Waals surface area contributed by atoms with E-state index in [9.17, 15) is 18.3 Å². The molecule has 1 aromatic heterocycles. The van der Waals surface area contributed by atoms with Crippen molar-refractivity contribution in [2.75, 3.05) is 13.2 Å². The number of aromatic nitrogens is 2. The third-order valence-electron chi connectivity index (χ3n) is 4.00. The molecule has 0 aliphatic rings. The molecule has 1 aromatic carbocycles. The number of aliphatic hydroxyl groups is 1. The largest absolute Gasteiger partial charge is 0.444 e. The molecule has 10 heteroatoms. The second-order valence-electron chi connectivity index (χ2n) is 6.16. The summed E-state index contributed by atoms with van der Waals surface area (Å²) >= 11 is 0. The molecule has 0 radical (unpaired) electrons. The van der Waals surface area contributed by atoms with Crippen LogP contribution in [0.3, 0.4) is 0 Å².